The zero-order chi connectivity index (χ0) is 24.9. The fourth-order valence-electron chi connectivity index (χ4n) is 4.85. The third-order valence-corrected chi connectivity index (χ3v) is 6.68. The Labute approximate surface area is 204 Å². The van der Waals surface area contributed by atoms with Gasteiger partial charge in [0.05, 0.1) is 30.7 Å². The van der Waals surface area contributed by atoms with E-state index >= 15 is 0 Å². The Morgan fingerprint density at radius 3 is 2.40 bits per heavy atom. The van der Waals surface area contributed by atoms with Crippen LogP contribution >= 0.6 is 0 Å². The van der Waals surface area contributed by atoms with Crippen LogP contribution in [0.25, 0.3) is 0 Å². The number of ether oxygens (including phenoxy) is 1. The predicted molar refractivity (Wildman–Crippen MR) is 132 cm³/mol. The molecule has 0 saturated carbocycles. The smallest absolute Gasteiger partial charge is 0.309 e. The van der Waals surface area contributed by atoms with Gasteiger partial charge in [-0.3, -0.25) is 14.5 Å². The summed E-state index contributed by atoms with van der Waals surface area (Å²) in [6.07, 6.45) is 1.17. The number of benzene rings is 2. The van der Waals surface area contributed by atoms with Crippen LogP contribution < -0.4 is 5.56 Å². The van der Waals surface area contributed by atoms with Crippen LogP contribution in [0.2, 0.25) is 0 Å². The van der Waals surface area contributed by atoms with E-state index in [9.17, 15) is 19.1 Å². The van der Waals surface area contributed by atoms with Gasteiger partial charge in [-0.05, 0) is 69.1 Å². The number of hydrogen-bond acceptors (Lipinski definition) is 5. The number of rotatable bonds is 7. The molecule has 3 aromatic rings. The van der Waals surface area contributed by atoms with Crippen molar-refractivity contribution in [1.82, 2.24) is 9.47 Å². The van der Waals surface area contributed by atoms with Crippen molar-refractivity contribution in [2.24, 2.45) is 5.92 Å². The second-order valence-electron chi connectivity index (χ2n) is 8.98. The van der Waals surface area contributed by atoms with E-state index in [0.717, 1.165) is 5.56 Å². The van der Waals surface area contributed by atoms with E-state index < -0.39 is 6.04 Å². The molecular weight excluding hydrogens is 447 g/mol. The normalized spacial score (nSPS) is 15.6. The van der Waals surface area contributed by atoms with E-state index in [1.807, 2.05) is 30.3 Å². The number of likely N-dealkylation sites (tertiary alicyclic amines) is 1. The molecule has 7 heteroatoms. The van der Waals surface area contributed by atoms with Gasteiger partial charge in [0.2, 0.25) is 0 Å². The number of carbonyl (C=O) groups is 1. The second-order valence-corrected chi connectivity index (χ2v) is 8.98. The van der Waals surface area contributed by atoms with E-state index in [-0.39, 0.29) is 34.6 Å². The number of aromatic hydroxyl groups is 1. The average molecular weight is 479 g/mol. The molecule has 1 saturated heterocycles. The summed E-state index contributed by atoms with van der Waals surface area (Å²) in [4.78, 5) is 28.2. The van der Waals surface area contributed by atoms with E-state index in [1.54, 1.807) is 36.6 Å². The molecule has 4 rings (SSSR count). The molecule has 1 aliphatic heterocycles. The van der Waals surface area contributed by atoms with Crippen LogP contribution in [0.5, 0.6) is 5.75 Å². The number of halogens is 1. The summed E-state index contributed by atoms with van der Waals surface area (Å²) in [6.45, 7) is 5.38. The molecule has 1 aromatic heterocycles. The van der Waals surface area contributed by atoms with Crippen molar-refractivity contribution in [3.63, 3.8) is 0 Å². The minimum absolute atomic E-state index is 0.0846. The number of esters is 1. The van der Waals surface area contributed by atoms with Crippen LogP contribution in [0.15, 0.2) is 65.5 Å². The summed E-state index contributed by atoms with van der Waals surface area (Å²) in [5.41, 5.74) is 2.31. The van der Waals surface area contributed by atoms with Gasteiger partial charge >= 0.3 is 5.97 Å². The standard InChI is InChI=1S/C28H31FN2O4/c1-3-35-28(34)22-13-15-30(16-14-22)26(21-9-11-23(29)12-10-21)25-24(32)17-19(2)31(27(25)33)18-20-7-5-4-6-8-20/h4-12,17,22,26,32H,3,13-16,18H2,1-2H3/t26-/m1/s1. The number of pyridine rings is 1. The Morgan fingerprint density at radius 1 is 1.11 bits per heavy atom. The lowest BCUT2D eigenvalue weighted by atomic mass is 9.91. The first-order chi connectivity index (χ1) is 16.9. The Balaban J connectivity index is 1.74. The van der Waals surface area contributed by atoms with Gasteiger partial charge in [-0.15, -0.1) is 0 Å². The Bertz CT molecular complexity index is 1220. The number of aromatic nitrogens is 1. The minimum Gasteiger partial charge on any atom is -0.507 e. The summed E-state index contributed by atoms with van der Waals surface area (Å²) >= 11 is 0. The van der Waals surface area contributed by atoms with E-state index in [4.69, 9.17) is 4.74 Å². The monoisotopic (exact) mass is 478 g/mol. The quantitative estimate of drug-likeness (QED) is 0.509. The first-order valence-corrected chi connectivity index (χ1v) is 12.0. The molecule has 1 N–H and O–H groups in total. The molecule has 184 valence electrons. The largest absolute Gasteiger partial charge is 0.507 e. The van der Waals surface area contributed by atoms with E-state index in [0.29, 0.717) is 50.3 Å². The van der Waals surface area contributed by atoms with Gasteiger partial charge in [0.25, 0.3) is 5.56 Å². The molecule has 0 amide bonds. The van der Waals surface area contributed by atoms with Crippen molar-refractivity contribution in [2.75, 3.05) is 19.7 Å². The highest BCUT2D eigenvalue weighted by Crippen LogP contribution is 2.35. The van der Waals surface area contributed by atoms with Crippen molar-refractivity contribution >= 4 is 5.97 Å². The second kappa shape index (κ2) is 10.9. The molecule has 2 aromatic carbocycles. The molecule has 0 unspecified atom stereocenters. The van der Waals surface area contributed by atoms with Crippen LogP contribution in [-0.4, -0.2) is 40.2 Å². The van der Waals surface area contributed by atoms with Crippen LogP contribution in [0, 0.1) is 18.7 Å². The van der Waals surface area contributed by atoms with Crippen molar-refractivity contribution < 1.29 is 19.0 Å². The third-order valence-electron chi connectivity index (χ3n) is 6.68. The van der Waals surface area contributed by atoms with Gasteiger partial charge in [0.1, 0.15) is 11.6 Å². The zero-order valence-corrected chi connectivity index (χ0v) is 20.1. The van der Waals surface area contributed by atoms with Gasteiger partial charge in [0.15, 0.2) is 0 Å². The third kappa shape index (κ3) is 5.46. The molecular formula is C28H31FN2O4. The zero-order valence-electron chi connectivity index (χ0n) is 20.1. The molecule has 2 heterocycles. The van der Waals surface area contributed by atoms with Gasteiger partial charge in [0, 0.05) is 5.69 Å². The fraction of sp³-hybridized carbons (Fsp3) is 0.357. The minimum atomic E-state index is -0.575. The topological polar surface area (TPSA) is 71.8 Å². The number of carbonyl (C=O) groups excluding carboxylic acids is 1. The molecule has 6 nitrogen and oxygen atoms in total. The number of piperidine rings is 1. The predicted octanol–water partition coefficient (Wildman–Crippen LogP) is 4.41. The van der Waals surface area contributed by atoms with E-state index in [2.05, 4.69) is 4.90 Å². The maximum absolute atomic E-state index is 13.8. The highest BCUT2D eigenvalue weighted by Gasteiger charge is 2.34. The van der Waals surface area contributed by atoms with Crippen LogP contribution in [0.1, 0.15) is 48.2 Å². The molecule has 1 fully saturated rings. The van der Waals surface area contributed by atoms with Crippen LogP contribution in [-0.2, 0) is 16.1 Å². The summed E-state index contributed by atoms with van der Waals surface area (Å²) in [6, 6.07) is 16.7. The Hall–Kier alpha value is -3.45. The first kappa shape index (κ1) is 24.7. The van der Waals surface area contributed by atoms with Crippen LogP contribution in [0.3, 0.4) is 0 Å². The number of hydrogen-bond donors (Lipinski definition) is 1. The summed E-state index contributed by atoms with van der Waals surface area (Å²) in [7, 11) is 0. The molecule has 1 aliphatic rings. The van der Waals surface area contributed by atoms with Gasteiger partial charge in [-0.2, -0.15) is 0 Å². The SMILES string of the molecule is CCOC(=O)C1CCN([C@H](c2ccc(F)cc2)c2c(O)cc(C)n(Cc3ccccc3)c2=O)CC1. The highest BCUT2D eigenvalue weighted by molar-refractivity contribution is 5.72. The molecule has 0 bridgehead atoms. The summed E-state index contributed by atoms with van der Waals surface area (Å²) in [5.74, 6) is -0.850. The van der Waals surface area contributed by atoms with E-state index in [1.165, 1.54) is 12.1 Å². The number of nitrogens with zero attached hydrogens (tertiary/aromatic N) is 2. The molecule has 35 heavy (non-hydrogen) atoms. The van der Waals surface area contributed by atoms with Crippen molar-refractivity contribution in [3.05, 3.63) is 99.2 Å². The Morgan fingerprint density at radius 2 is 1.77 bits per heavy atom. The molecule has 0 aliphatic carbocycles. The lowest BCUT2D eigenvalue weighted by Crippen LogP contribution is -2.42. The lowest BCUT2D eigenvalue weighted by molar-refractivity contribution is -0.149. The molecule has 1 atom stereocenters. The highest BCUT2D eigenvalue weighted by atomic mass is 19.1. The summed E-state index contributed by atoms with van der Waals surface area (Å²) in [5, 5.41) is 11.0. The van der Waals surface area contributed by atoms with Crippen molar-refractivity contribution in [2.45, 2.75) is 39.3 Å². The fourth-order valence-corrected chi connectivity index (χ4v) is 4.85. The van der Waals surface area contributed by atoms with Gasteiger partial charge < -0.3 is 14.4 Å². The summed E-state index contributed by atoms with van der Waals surface area (Å²) < 4.78 is 20.6. The molecule has 0 spiro atoms. The van der Waals surface area contributed by atoms with Crippen molar-refractivity contribution in [1.29, 1.82) is 0 Å². The first-order valence-electron chi connectivity index (χ1n) is 12.0. The maximum Gasteiger partial charge on any atom is 0.309 e. The lowest BCUT2D eigenvalue weighted by Gasteiger charge is -2.37. The van der Waals surface area contributed by atoms with Crippen molar-refractivity contribution in [3.8, 4) is 5.75 Å². The Kier molecular flexibility index (Phi) is 7.66. The van der Waals surface area contributed by atoms with Crippen LogP contribution in [0.4, 0.5) is 4.39 Å². The molecule has 0 radical (unpaired) electrons. The van der Waals surface area contributed by atoms with Gasteiger partial charge in [-0.1, -0.05) is 42.5 Å². The number of aryl methyl sites for hydroxylation is 1. The maximum atomic E-state index is 13.8. The average Bonchev–Trinajstić information content (AvgIpc) is 2.86. The van der Waals surface area contributed by atoms with Gasteiger partial charge in [-0.25, -0.2) is 4.39 Å².